The fraction of sp³-hybridized carbons (Fsp3) is 0.636. The number of hydrogen-bond acceptors (Lipinski definition) is 4. The molecule has 0 fully saturated rings. The standard InChI is InChI=1S/C11H19N5O3/c1-11(2,9(17)18)16(3)10(19)12-6-4-5-8-13-7-14-15-8/h7H,4-6H2,1-3H3,(H,12,19)(H,17,18)(H,13,14,15). The molecule has 0 bridgehead atoms. The molecule has 8 nitrogen and oxygen atoms in total. The number of carbonyl (C=O) groups excluding carboxylic acids is 1. The molecule has 2 amide bonds. The van der Waals surface area contributed by atoms with E-state index in [0.717, 1.165) is 5.82 Å². The van der Waals surface area contributed by atoms with Crippen LogP contribution in [0.15, 0.2) is 6.33 Å². The van der Waals surface area contributed by atoms with Gasteiger partial charge in [-0.2, -0.15) is 5.10 Å². The first-order valence-corrected chi connectivity index (χ1v) is 5.95. The summed E-state index contributed by atoms with van der Waals surface area (Å²) >= 11 is 0. The van der Waals surface area contributed by atoms with Crippen LogP contribution in [0.2, 0.25) is 0 Å². The molecule has 1 rings (SSSR count). The van der Waals surface area contributed by atoms with Crippen LogP contribution >= 0.6 is 0 Å². The van der Waals surface area contributed by atoms with Gasteiger partial charge < -0.3 is 15.3 Å². The third kappa shape index (κ3) is 3.94. The number of aliphatic carboxylic acids is 1. The molecule has 0 aliphatic rings. The lowest BCUT2D eigenvalue weighted by Crippen LogP contribution is -2.54. The van der Waals surface area contributed by atoms with E-state index in [0.29, 0.717) is 19.4 Å². The molecule has 1 aromatic rings. The Morgan fingerprint density at radius 2 is 2.21 bits per heavy atom. The Balaban J connectivity index is 2.33. The van der Waals surface area contributed by atoms with E-state index in [9.17, 15) is 9.59 Å². The maximum absolute atomic E-state index is 11.8. The zero-order valence-corrected chi connectivity index (χ0v) is 11.3. The third-order valence-corrected chi connectivity index (χ3v) is 3.00. The van der Waals surface area contributed by atoms with Crippen molar-refractivity contribution in [3.63, 3.8) is 0 Å². The number of hydrogen-bond donors (Lipinski definition) is 3. The predicted molar refractivity (Wildman–Crippen MR) is 67.6 cm³/mol. The highest BCUT2D eigenvalue weighted by Crippen LogP contribution is 2.12. The van der Waals surface area contributed by atoms with E-state index in [1.165, 1.54) is 32.1 Å². The summed E-state index contributed by atoms with van der Waals surface area (Å²) in [7, 11) is 1.46. The number of H-pyrrole nitrogens is 1. The molecule has 0 spiro atoms. The summed E-state index contributed by atoms with van der Waals surface area (Å²) in [5.74, 6) is -0.291. The van der Waals surface area contributed by atoms with Gasteiger partial charge in [0.1, 0.15) is 17.7 Å². The summed E-state index contributed by atoms with van der Waals surface area (Å²) in [5, 5.41) is 18.1. The molecule has 106 valence electrons. The topological polar surface area (TPSA) is 111 Å². The molecular formula is C11H19N5O3. The molecule has 0 atom stereocenters. The number of aryl methyl sites for hydroxylation is 1. The van der Waals surface area contributed by atoms with E-state index in [-0.39, 0.29) is 0 Å². The molecule has 0 aliphatic heterocycles. The Hall–Kier alpha value is -2.12. The second kappa shape index (κ2) is 6.17. The predicted octanol–water partition coefficient (Wildman–Crippen LogP) is 0.242. The van der Waals surface area contributed by atoms with Crippen LogP contribution in [0.5, 0.6) is 0 Å². The minimum atomic E-state index is -1.24. The average molecular weight is 269 g/mol. The van der Waals surface area contributed by atoms with Crippen molar-refractivity contribution in [2.24, 2.45) is 0 Å². The summed E-state index contributed by atoms with van der Waals surface area (Å²) in [6, 6.07) is -0.412. The molecule has 0 unspecified atom stereocenters. The van der Waals surface area contributed by atoms with Crippen molar-refractivity contribution in [1.29, 1.82) is 0 Å². The minimum Gasteiger partial charge on any atom is -0.480 e. The van der Waals surface area contributed by atoms with Crippen LogP contribution in [-0.4, -0.2) is 56.3 Å². The first kappa shape index (κ1) is 14.9. The Labute approximate surface area is 111 Å². The van der Waals surface area contributed by atoms with Crippen LogP contribution in [0.1, 0.15) is 26.1 Å². The number of aromatic amines is 1. The van der Waals surface area contributed by atoms with Crippen molar-refractivity contribution < 1.29 is 14.7 Å². The fourth-order valence-corrected chi connectivity index (χ4v) is 1.32. The lowest BCUT2D eigenvalue weighted by Gasteiger charge is -2.31. The Kier molecular flexibility index (Phi) is 4.85. The van der Waals surface area contributed by atoms with Gasteiger partial charge in [0.05, 0.1) is 0 Å². The number of urea groups is 1. The molecule has 19 heavy (non-hydrogen) atoms. The molecule has 0 saturated carbocycles. The van der Waals surface area contributed by atoms with E-state index in [4.69, 9.17) is 5.11 Å². The third-order valence-electron chi connectivity index (χ3n) is 3.00. The van der Waals surface area contributed by atoms with Crippen LogP contribution in [0.4, 0.5) is 4.79 Å². The molecule has 8 heteroatoms. The van der Waals surface area contributed by atoms with Crippen molar-refractivity contribution in [2.45, 2.75) is 32.2 Å². The quantitative estimate of drug-likeness (QED) is 0.641. The maximum Gasteiger partial charge on any atom is 0.329 e. The fourth-order valence-electron chi connectivity index (χ4n) is 1.32. The van der Waals surface area contributed by atoms with Crippen LogP contribution in [0, 0.1) is 0 Å². The summed E-state index contributed by atoms with van der Waals surface area (Å²) in [5.41, 5.74) is -1.24. The molecule has 0 radical (unpaired) electrons. The van der Waals surface area contributed by atoms with Gasteiger partial charge in [-0.1, -0.05) is 0 Å². The highest BCUT2D eigenvalue weighted by Gasteiger charge is 2.34. The highest BCUT2D eigenvalue weighted by molar-refractivity contribution is 5.85. The lowest BCUT2D eigenvalue weighted by molar-refractivity contribution is -0.146. The van der Waals surface area contributed by atoms with E-state index in [2.05, 4.69) is 20.5 Å². The van der Waals surface area contributed by atoms with Crippen molar-refractivity contribution >= 4 is 12.0 Å². The molecular weight excluding hydrogens is 250 g/mol. The van der Waals surface area contributed by atoms with Crippen LogP contribution in [0.3, 0.4) is 0 Å². The smallest absolute Gasteiger partial charge is 0.329 e. The largest absolute Gasteiger partial charge is 0.480 e. The Morgan fingerprint density at radius 1 is 1.53 bits per heavy atom. The second-order valence-electron chi connectivity index (χ2n) is 4.69. The van der Waals surface area contributed by atoms with Crippen molar-refractivity contribution in [3.05, 3.63) is 12.2 Å². The van der Waals surface area contributed by atoms with Gasteiger partial charge in [0.2, 0.25) is 0 Å². The number of nitrogens with zero attached hydrogens (tertiary/aromatic N) is 3. The first-order chi connectivity index (χ1) is 8.85. The molecule has 3 N–H and O–H groups in total. The number of carbonyl (C=O) groups is 2. The van der Waals surface area contributed by atoms with Gasteiger partial charge in [0, 0.05) is 20.0 Å². The van der Waals surface area contributed by atoms with Gasteiger partial charge in [-0.3, -0.25) is 5.10 Å². The van der Waals surface area contributed by atoms with E-state index >= 15 is 0 Å². The van der Waals surface area contributed by atoms with E-state index < -0.39 is 17.5 Å². The number of carboxylic acids is 1. The number of amides is 2. The highest BCUT2D eigenvalue weighted by atomic mass is 16.4. The number of aromatic nitrogens is 3. The molecule has 1 heterocycles. The van der Waals surface area contributed by atoms with Gasteiger partial charge in [-0.25, -0.2) is 14.6 Å². The van der Waals surface area contributed by atoms with Crippen molar-refractivity contribution in [1.82, 2.24) is 25.4 Å². The number of nitrogens with one attached hydrogen (secondary N) is 2. The second-order valence-corrected chi connectivity index (χ2v) is 4.69. The normalized spacial score (nSPS) is 11.1. The number of rotatable bonds is 6. The van der Waals surface area contributed by atoms with E-state index in [1.807, 2.05) is 0 Å². The summed E-state index contributed by atoms with van der Waals surface area (Å²) in [6.45, 7) is 3.40. The lowest BCUT2D eigenvalue weighted by atomic mass is 10.1. The maximum atomic E-state index is 11.8. The first-order valence-electron chi connectivity index (χ1n) is 5.95. The SMILES string of the molecule is CN(C(=O)NCCCc1ncn[nH]1)C(C)(C)C(=O)O. The van der Waals surface area contributed by atoms with Crippen LogP contribution < -0.4 is 5.32 Å². The van der Waals surface area contributed by atoms with Crippen molar-refractivity contribution in [2.75, 3.05) is 13.6 Å². The number of carboxylic acid groups (broad SMARTS) is 1. The van der Waals surface area contributed by atoms with Gasteiger partial charge in [-0.15, -0.1) is 0 Å². The zero-order valence-electron chi connectivity index (χ0n) is 11.3. The minimum absolute atomic E-state index is 0.412. The Morgan fingerprint density at radius 3 is 2.74 bits per heavy atom. The number of likely N-dealkylation sites (N-methyl/N-ethyl adjacent to an activating group) is 1. The zero-order chi connectivity index (χ0) is 14.5. The van der Waals surface area contributed by atoms with Gasteiger partial charge in [0.25, 0.3) is 0 Å². The van der Waals surface area contributed by atoms with Gasteiger partial charge >= 0.3 is 12.0 Å². The van der Waals surface area contributed by atoms with E-state index in [1.54, 1.807) is 0 Å². The van der Waals surface area contributed by atoms with Crippen molar-refractivity contribution in [3.8, 4) is 0 Å². The molecule has 1 aromatic heterocycles. The van der Waals surface area contributed by atoms with Crippen LogP contribution in [-0.2, 0) is 11.2 Å². The summed E-state index contributed by atoms with van der Waals surface area (Å²) in [4.78, 5) is 27.9. The van der Waals surface area contributed by atoms with Gasteiger partial charge in [0.15, 0.2) is 0 Å². The molecule has 0 saturated heterocycles. The Bertz CT molecular complexity index is 430. The molecule has 0 aliphatic carbocycles. The van der Waals surface area contributed by atoms with Gasteiger partial charge in [-0.05, 0) is 20.3 Å². The average Bonchev–Trinajstić information content (AvgIpc) is 2.86. The summed E-state index contributed by atoms with van der Waals surface area (Å²) in [6.07, 6.45) is 2.80. The van der Waals surface area contributed by atoms with Crippen LogP contribution in [0.25, 0.3) is 0 Å². The molecule has 0 aromatic carbocycles. The summed E-state index contributed by atoms with van der Waals surface area (Å²) < 4.78 is 0. The monoisotopic (exact) mass is 269 g/mol.